The van der Waals surface area contributed by atoms with Crippen molar-refractivity contribution in [2.24, 2.45) is 0 Å². The lowest BCUT2D eigenvalue weighted by molar-refractivity contribution is -0.127. The Bertz CT molecular complexity index is 1370. The van der Waals surface area contributed by atoms with Crippen LogP contribution in [0, 0.1) is 13.8 Å². The Hall–Kier alpha value is -3.26. The highest BCUT2D eigenvalue weighted by atomic mass is 35.5. The van der Waals surface area contributed by atoms with E-state index >= 15 is 0 Å². The van der Waals surface area contributed by atoms with Crippen LogP contribution in [0.5, 0.6) is 5.75 Å². The van der Waals surface area contributed by atoms with Gasteiger partial charge in [0.15, 0.2) is 0 Å². The van der Waals surface area contributed by atoms with Crippen LogP contribution < -0.4 is 10.1 Å². The summed E-state index contributed by atoms with van der Waals surface area (Å²) < 4.78 is 5.77. The van der Waals surface area contributed by atoms with Gasteiger partial charge in [0.05, 0.1) is 4.91 Å². The zero-order valence-electron chi connectivity index (χ0n) is 19.5. The number of nitrogens with one attached hydrogen (secondary N) is 1. The first-order chi connectivity index (χ1) is 17.2. The van der Waals surface area contributed by atoms with E-state index in [1.165, 1.54) is 0 Å². The number of benzene rings is 3. The zero-order chi connectivity index (χ0) is 25.8. The van der Waals surface area contributed by atoms with Crippen LogP contribution in [0.25, 0.3) is 6.08 Å². The number of carbonyl (C=O) groups excluding carboxylic acids is 3. The van der Waals surface area contributed by atoms with Crippen LogP contribution in [0.1, 0.15) is 22.3 Å². The molecule has 184 valence electrons. The number of thioether (sulfide) groups is 1. The van der Waals surface area contributed by atoms with E-state index in [9.17, 15) is 14.4 Å². The van der Waals surface area contributed by atoms with E-state index in [4.69, 9.17) is 27.9 Å². The molecule has 0 aromatic heterocycles. The molecule has 1 fully saturated rings. The highest BCUT2D eigenvalue weighted by molar-refractivity contribution is 8.18. The van der Waals surface area contributed by atoms with Crippen molar-refractivity contribution in [3.8, 4) is 5.75 Å². The smallest absolute Gasteiger partial charge is 0.294 e. The molecule has 3 aromatic carbocycles. The Morgan fingerprint density at radius 1 is 1.06 bits per heavy atom. The van der Waals surface area contributed by atoms with E-state index in [1.807, 2.05) is 26.0 Å². The number of rotatable bonds is 7. The van der Waals surface area contributed by atoms with Gasteiger partial charge < -0.3 is 10.1 Å². The number of amides is 3. The zero-order valence-corrected chi connectivity index (χ0v) is 21.8. The van der Waals surface area contributed by atoms with Gasteiger partial charge in [-0.25, -0.2) is 0 Å². The van der Waals surface area contributed by atoms with Crippen LogP contribution in [0.3, 0.4) is 0 Å². The molecule has 1 heterocycles. The first-order valence-electron chi connectivity index (χ1n) is 11.0. The predicted octanol–water partition coefficient (Wildman–Crippen LogP) is 6.86. The molecular weight excluding hydrogens is 519 g/mol. The first kappa shape index (κ1) is 25.8. The van der Waals surface area contributed by atoms with Crippen LogP contribution in [0.2, 0.25) is 10.0 Å². The van der Waals surface area contributed by atoms with Crippen molar-refractivity contribution in [1.82, 2.24) is 4.90 Å². The monoisotopic (exact) mass is 540 g/mol. The van der Waals surface area contributed by atoms with Gasteiger partial charge >= 0.3 is 0 Å². The molecule has 3 amide bonds. The maximum Gasteiger partial charge on any atom is 0.294 e. The fourth-order valence-corrected chi connectivity index (χ4v) is 4.77. The second-order valence-electron chi connectivity index (χ2n) is 8.16. The number of imide groups is 1. The summed E-state index contributed by atoms with van der Waals surface area (Å²) in [6, 6.07) is 17.8. The minimum absolute atomic E-state index is 0.251. The molecule has 6 nitrogen and oxygen atoms in total. The average Bonchev–Trinajstić information content (AvgIpc) is 3.09. The largest absolute Gasteiger partial charge is 0.489 e. The SMILES string of the molecule is Cc1cccc(NC(=O)CN2C(=O)S/C(=C/c3ccc(OCc4ccc(Cl)cc4Cl)cc3)C2=O)c1C. The van der Waals surface area contributed by atoms with Crippen molar-refractivity contribution in [1.29, 1.82) is 0 Å². The molecule has 0 radical (unpaired) electrons. The number of hydrogen-bond acceptors (Lipinski definition) is 5. The number of ether oxygens (including phenoxy) is 1. The Morgan fingerprint density at radius 2 is 1.81 bits per heavy atom. The highest BCUT2D eigenvalue weighted by Crippen LogP contribution is 2.32. The van der Waals surface area contributed by atoms with Crippen molar-refractivity contribution in [2.45, 2.75) is 20.5 Å². The van der Waals surface area contributed by atoms with Crippen molar-refractivity contribution >= 4 is 63.8 Å². The molecule has 9 heteroatoms. The van der Waals surface area contributed by atoms with Crippen LogP contribution >= 0.6 is 35.0 Å². The predicted molar refractivity (Wildman–Crippen MR) is 144 cm³/mol. The molecule has 0 saturated carbocycles. The summed E-state index contributed by atoms with van der Waals surface area (Å²) in [4.78, 5) is 38.9. The molecule has 36 heavy (non-hydrogen) atoms. The van der Waals surface area contributed by atoms with Gasteiger partial charge in [0.1, 0.15) is 18.9 Å². The molecule has 3 aromatic rings. The van der Waals surface area contributed by atoms with E-state index in [2.05, 4.69) is 5.32 Å². The van der Waals surface area contributed by atoms with Crippen LogP contribution in [0.4, 0.5) is 10.5 Å². The molecule has 0 spiro atoms. The van der Waals surface area contributed by atoms with Crippen molar-refractivity contribution < 1.29 is 19.1 Å². The molecule has 4 rings (SSSR count). The second kappa shape index (κ2) is 11.2. The van der Waals surface area contributed by atoms with Gasteiger partial charge in [0.25, 0.3) is 11.1 Å². The number of anilines is 1. The van der Waals surface area contributed by atoms with Gasteiger partial charge in [-0.15, -0.1) is 0 Å². The number of nitrogens with zero attached hydrogens (tertiary/aromatic N) is 1. The normalized spacial score (nSPS) is 14.4. The van der Waals surface area contributed by atoms with Crippen molar-refractivity contribution in [3.05, 3.63) is 97.9 Å². The molecule has 1 aliphatic heterocycles. The molecule has 0 aliphatic carbocycles. The topological polar surface area (TPSA) is 75.7 Å². The van der Waals surface area contributed by atoms with E-state index in [0.717, 1.165) is 38.9 Å². The lowest BCUT2D eigenvalue weighted by atomic mass is 10.1. The maximum absolute atomic E-state index is 12.8. The highest BCUT2D eigenvalue weighted by Gasteiger charge is 2.36. The quantitative estimate of drug-likeness (QED) is 0.331. The summed E-state index contributed by atoms with van der Waals surface area (Å²) >= 11 is 12.9. The summed E-state index contributed by atoms with van der Waals surface area (Å²) in [5.74, 6) is -0.317. The summed E-state index contributed by atoms with van der Waals surface area (Å²) in [6.45, 7) is 3.77. The van der Waals surface area contributed by atoms with E-state index in [0.29, 0.717) is 21.5 Å². The van der Waals surface area contributed by atoms with E-state index in [1.54, 1.807) is 54.6 Å². The lowest BCUT2D eigenvalue weighted by Gasteiger charge is -2.14. The minimum atomic E-state index is -0.501. The maximum atomic E-state index is 12.8. The third-order valence-corrected chi connectivity index (χ3v) is 7.14. The lowest BCUT2D eigenvalue weighted by Crippen LogP contribution is -2.36. The molecular formula is C27H22Cl2N2O4S. The standard InChI is InChI=1S/C27H22Cl2N2O4S/c1-16-4-3-5-23(17(16)2)30-25(32)14-31-26(33)24(36-27(31)34)12-18-6-10-21(11-7-18)35-15-19-8-9-20(28)13-22(19)29/h3-13H,14-15H2,1-2H3,(H,30,32)/b24-12+. The van der Waals surface area contributed by atoms with Gasteiger partial charge in [-0.2, -0.15) is 0 Å². The summed E-state index contributed by atoms with van der Waals surface area (Å²) in [5, 5.41) is 3.37. The van der Waals surface area contributed by atoms with E-state index < -0.39 is 17.1 Å². The van der Waals surface area contributed by atoms with E-state index in [-0.39, 0.29) is 18.1 Å². The first-order valence-corrected chi connectivity index (χ1v) is 12.6. The van der Waals surface area contributed by atoms with Crippen molar-refractivity contribution in [2.75, 3.05) is 11.9 Å². The Balaban J connectivity index is 1.37. The number of hydrogen-bond donors (Lipinski definition) is 1. The molecule has 1 saturated heterocycles. The van der Waals surface area contributed by atoms with Crippen LogP contribution in [-0.2, 0) is 16.2 Å². The summed E-state index contributed by atoms with van der Waals surface area (Å²) in [5.41, 5.74) is 4.15. The Labute approximate surface area is 223 Å². The Kier molecular flexibility index (Phi) is 8.04. The van der Waals surface area contributed by atoms with Crippen molar-refractivity contribution in [3.63, 3.8) is 0 Å². The molecule has 0 unspecified atom stereocenters. The van der Waals surface area contributed by atoms with Gasteiger partial charge in [0.2, 0.25) is 5.91 Å². The number of carbonyl (C=O) groups is 3. The third-order valence-electron chi connectivity index (χ3n) is 5.64. The molecule has 1 aliphatic rings. The van der Waals surface area contributed by atoms with Gasteiger partial charge in [-0.1, -0.05) is 53.5 Å². The summed E-state index contributed by atoms with van der Waals surface area (Å²) in [7, 11) is 0. The fourth-order valence-electron chi connectivity index (χ4n) is 3.47. The summed E-state index contributed by atoms with van der Waals surface area (Å²) in [6.07, 6.45) is 1.62. The molecule has 0 bridgehead atoms. The number of aryl methyl sites for hydroxylation is 1. The minimum Gasteiger partial charge on any atom is -0.489 e. The molecule has 0 atom stereocenters. The van der Waals surface area contributed by atoms with Gasteiger partial charge in [-0.05, 0) is 78.7 Å². The van der Waals surface area contributed by atoms with Crippen LogP contribution in [0.15, 0.2) is 65.6 Å². The average molecular weight is 541 g/mol. The second-order valence-corrected chi connectivity index (χ2v) is 9.99. The third kappa shape index (κ3) is 6.10. The fraction of sp³-hybridized carbons (Fsp3) is 0.148. The molecule has 1 N–H and O–H groups in total. The van der Waals surface area contributed by atoms with Crippen LogP contribution in [-0.4, -0.2) is 28.5 Å². The van der Waals surface area contributed by atoms with Gasteiger partial charge in [0, 0.05) is 21.3 Å². The Morgan fingerprint density at radius 3 is 2.53 bits per heavy atom. The van der Waals surface area contributed by atoms with Gasteiger partial charge in [-0.3, -0.25) is 19.3 Å². The number of halogens is 2.